The summed E-state index contributed by atoms with van der Waals surface area (Å²) in [7, 11) is 0. The molecule has 1 aromatic carbocycles. The Labute approximate surface area is 97.1 Å². The number of rotatable bonds is 1. The fourth-order valence-corrected chi connectivity index (χ4v) is 1.68. The van der Waals surface area contributed by atoms with Crippen LogP contribution >= 0.6 is 11.6 Å². The first-order valence-electron chi connectivity index (χ1n) is 4.63. The lowest BCUT2D eigenvalue weighted by molar-refractivity contribution is 0.627. The fourth-order valence-electron chi connectivity index (χ4n) is 1.49. The minimum atomic E-state index is -0.283. The molecule has 1 heterocycles. The average Bonchev–Trinajstić information content (AvgIpc) is 2.15. The number of benzene rings is 1. The molecule has 0 aliphatic heterocycles. The molecule has 3 nitrogen and oxygen atoms in total. The van der Waals surface area contributed by atoms with Gasteiger partial charge in [-0.15, -0.1) is 0 Å². The van der Waals surface area contributed by atoms with Crippen LogP contribution in [0.2, 0.25) is 5.15 Å². The van der Waals surface area contributed by atoms with E-state index in [1.807, 2.05) is 0 Å². The number of nitrogens with two attached hydrogens (primary N) is 1. The van der Waals surface area contributed by atoms with Crippen LogP contribution in [0.25, 0.3) is 11.3 Å². The lowest BCUT2D eigenvalue weighted by Crippen LogP contribution is -1.97. The second kappa shape index (κ2) is 4.06. The number of aryl methyl sites for hydroxylation is 1. The quantitative estimate of drug-likeness (QED) is 0.776. The maximum atomic E-state index is 12.9. The highest BCUT2D eigenvalue weighted by atomic mass is 35.5. The fraction of sp³-hybridized carbons (Fsp3) is 0.0909. The molecule has 2 rings (SSSR count). The normalized spacial score (nSPS) is 10.4. The van der Waals surface area contributed by atoms with Crippen LogP contribution in [0.15, 0.2) is 24.3 Å². The highest BCUT2D eigenvalue weighted by Gasteiger charge is 2.07. The van der Waals surface area contributed by atoms with Crippen LogP contribution in [0, 0.1) is 12.7 Å². The third kappa shape index (κ3) is 2.12. The first kappa shape index (κ1) is 10.8. The zero-order valence-corrected chi connectivity index (χ0v) is 9.29. The summed E-state index contributed by atoms with van der Waals surface area (Å²) in [5.41, 5.74) is 7.65. The molecule has 0 aliphatic carbocycles. The van der Waals surface area contributed by atoms with Crippen molar-refractivity contribution < 1.29 is 4.39 Å². The van der Waals surface area contributed by atoms with Crippen LogP contribution < -0.4 is 5.73 Å². The standard InChI is InChI=1S/C11H9ClFN3/c1-6-4-7(13)2-3-8(6)9-5-10(12)16-11(14)15-9/h2-5H,1H3,(H2,14,15,16). The first-order chi connectivity index (χ1) is 7.56. The zero-order chi connectivity index (χ0) is 11.7. The van der Waals surface area contributed by atoms with Gasteiger partial charge >= 0.3 is 0 Å². The molecule has 0 unspecified atom stereocenters. The average molecular weight is 238 g/mol. The third-order valence-electron chi connectivity index (χ3n) is 2.18. The summed E-state index contributed by atoms with van der Waals surface area (Å²) in [5, 5.41) is 0.270. The summed E-state index contributed by atoms with van der Waals surface area (Å²) in [6.45, 7) is 1.80. The molecule has 0 bridgehead atoms. The lowest BCUT2D eigenvalue weighted by Gasteiger charge is -2.06. The Morgan fingerprint density at radius 3 is 2.62 bits per heavy atom. The molecule has 0 aliphatic rings. The maximum Gasteiger partial charge on any atom is 0.221 e. The number of anilines is 1. The number of nitrogens with zero attached hydrogens (tertiary/aromatic N) is 2. The first-order valence-corrected chi connectivity index (χ1v) is 5.00. The van der Waals surface area contributed by atoms with Gasteiger partial charge in [0, 0.05) is 11.6 Å². The number of hydrogen-bond donors (Lipinski definition) is 1. The van der Waals surface area contributed by atoms with Gasteiger partial charge in [0.1, 0.15) is 11.0 Å². The SMILES string of the molecule is Cc1cc(F)ccc1-c1cc(Cl)nc(N)n1. The van der Waals surface area contributed by atoms with E-state index >= 15 is 0 Å². The molecule has 1 aromatic heterocycles. The van der Waals surface area contributed by atoms with Crippen molar-refractivity contribution in [3.05, 3.63) is 40.8 Å². The van der Waals surface area contributed by atoms with Gasteiger partial charge < -0.3 is 5.73 Å². The van der Waals surface area contributed by atoms with Gasteiger partial charge in [0.05, 0.1) is 5.69 Å². The molecule has 82 valence electrons. The van der Waals surface area contributed by atoms with E-state index in [4.69, 9.17) is 17.3 Å². The Morgan fingerprint density at radius 1 is 1.25 bits per heavy atom. The summed E-state index contributed by atoms with van der Waals surface area (Å²) in [6, 6.07) is 6.04. The molecular weight excluding hydrogens is 229 g/mol. The summed E-state index contributed by atoms with van der Waals surface area (Å²) < 4.78 is 12.9. The molecule has 0 saturated carbocycles. The van der Waals surface area contributed by atoms with E-state index in [9.17, 15) is 4.39 Å². The van der Waals surface area contributed by atoms with E-state index in [-0.39, 0.29) is 16.9 Å². The summed E-state index contributed by atoms with van der Waals surface area (Å²) in [4.78, 5) is 7.82. The lowest BCUT2D eigenvalue weighted by atomic mass is 10.1. The highest BCUT2D eigenvalue weighted by Crippen LogP contribution is 2.24. The molecule has 2 aromatic rings. The Morgan fingerprint density at radius 2 is 2.00 bits per heavy atom. The van der Waals surface area contributed by atoms with Gasteiger partial charge in [0.15, 0.2) is 0 Å². The second-order valence-electron chi connectivity index (χ2n) is 3.39. The van der Waals surface area contributed by atoms with Crippen LogP contribution in [0.4, 0.5) is 10.3 Å². The highest BCUT2D eigenvalue weighted by molar-refractivity contribution is 6.29. The summed E-state index contributed by atoms with van der Waals surface area (Å²) in [6.07, 6.45) is 0. The largest absolute Gasteiger partial charge is 0.368 e. The number of aromatic nitrogens is 2. The molecule has 0 spiro atoms. The van der Waals surface area contributed by atoms with Gasteiger partial charge in [-0.25, -0.2) is 14.4 Å². The molecule has 5 heteroatoms. The molecule has 0 amide bonds. The molecule has 0 saturated heterocycles. The molecule has 16 heavy (non-hydrogen) atoms. The summed E-state index contributed by atoms with van der Waals surface area (Å²) >= 11 is 5.78. The molecule has 0 atom stereocenters. The van der Waals surface area contributed by atoms with Crippen molar-refractivity contribution in [3.8, 4) is 11.3 Å². The van der Waals surface area contributed by atoms with Crippen molar-refractivity contribution in [2.75, 3.05) is 5.73 Å². The van der Waals surface area contributed by atoms with Crippen molar-refractivity contribution in [1.82, 2.24) is 9.97 Å². The van der Waals surface area contributed by atoms with Gasteiger partial charge in [-0.3, -0.25) is 0 Å². The summed E-state index contributed by atoms with van der Waals surface area (Å²) in [5.74, 6) is -0.180. The van der Waals surface area contributed by atoms with Crippen LogP contribution in [0.5, 0.6) is 0 Å². The predicted molar refractivity (Wildman–Crippen MR) is 61.6 cm³/mol. The van der Waals surface area contributed by atoms with Crippen LogP contribution in [-0.4, -0.2) is 9.97 Å². The number of halogens is 2. The van der Waals surface area contributed by atoms with Crippen molar-refractivity contribution in [3.63, 3.8) is 0 Å². The van der Waals surface area contributed by atoms with Gasteiger partial charge in [0.2, 0.25) is 5.95 Å². The minimum Gasteiger partial charge on any atom is -0.368 e. The van der Waals surface area contributed by atoms with Crippen LogP contribution in [0.3, 0.4) is 0 Å². The molecular formula is C11H9ClFN3. The van der Waals surface area contributed by atoms with Crippen molar-refractivity contribution in [2.24, 2.45) is 0 Å². The van der Waals surface area contributed by atoms with Crippen molar-refractivity contribution in [1.29, 1.82) is 0 Å². The Kier molecular flexibility index (Phi) is 2.75. The topological polar surface area (TPSA) is 51.8 Å². The van der Waals surface area contributed by atoms with Crippen LogP contribution in [-0.2, 0) is 0 Å². The smallest absolute Gasteiger partial charge is 0.221 e. The van der Waals surface area contributed by atoms with E-state index < -0.39 is 0 Å². The zero-order valence-electron chi connectivity index (χ0n) is 8.54. The van der Waals surface area contributed by atoms with Crippen molar-refractivity contribution in [2.45, 2.75) is 6.92 Å². The van der Waals surface area contributed by atoms with E-state index in [0.717, 1.165) is 11.1 Å². The van der Waals surface area contributed by atoms with Gasteiger partial charge in [-0.05, 0) is 30.7 Å². The minimum absolute atomic E-state index is 0.103. The number of hydrogen-bond acceptors (Lipinski definition) is 3. The molecule has 0 fully saturated rings. The third-order valence-corrected chi connectivity index (χ3v) is 2.37. The van der Waals surface area contributed by atoms with Gasteiger partial charge in [0.25, 0.3) is 0 Å². The monoisotopic (exact) mass is 237 g/mol. The van der Waals surface area contributed by atoms with Gasteiger partial charge in [-0.2, -0.15) is 0 Å². The Balaban J connectivity index is 2.58. The number of nitrogen functional groups attached to an aromatic ring is 1. The Bertz CT molecular complexity index is 522. The van der Waals surface area contributed by atoms with Gasteiger partial charge in [-0.1, -0.05) is 11.6 Å². The second-order valence-corrected chi connectivity index (χ2v) is 3.78. The van der Waals surface area contributed by atoms with Crippen LogP contribution in [0.1, 0.15) is 5.56 Å². The molecule has 0 radical (unpaired) electrons. The predicted octanol–water partition coefficient (Wildman–Crippen LogP) is 2.83. The van der Waals surface area contributed by atoms with Crippen molar-refractivity contribution >= 4 is 17.5 Å². The van der Waals surface area contributed by atoms with E-state index in [1.165, 1.54) is 12.1 Å². The molecule has 2 N–H and O–H groups in total. The maximum absolute atomic E-state index is 12.9. The van der Waals surface area contributed by atoms with E-state index in [2.05, 4.69) is 9.97 Å². The Hall–Kier alpha value is -1.68. The van der Waals surface area contributed by atoms with E-state index in [1.54, 1.807) is 19.1 Å². The van der Waals surface area contributed by atoms with E-state index in [0.29, 0.717) is 5.69 Å².